The lowest BCUT2D eigenvalue weighted by Crippen LogP contribution is -2.41. The molecule has 0 radical (unpaired) electrons. The van der Waals surface area contributed by atoms with Crippen LogP contribution in [0.25, 0.3) is 0 Å². The van der Waals surface area contributed by atoms with Crippen molar-refractivity contribution in [1.82, 2.24) is 5.01 Å². The van der Waals surface area contributed by atoms with Crippen LogP contribution in [0.5, 0.6) is 0 Å². The number of nitrogens with two attached hydrogens (primary N) is 2. The minimum Gasteiger partial charge on any atom is -0.480 e. The van der Waals surface area contributed by atoms with Crippen molar-refractivity contribution in [3.05, 3.63) is 66.2 Å². The maximum Gasteiger partial charge on any atom is 0.328 e. The van der Waals surface area contributed by atoms with Gasteiger partial charge in [0.15, 0.2) is 12.0 Å². The molecule has 1 atom stereocenters. The number of carbonyl (C=O) groups is 2. The van der Waals surface area contributed by atoms with Gasteiger partial charge in [-0.2, -0.15) is 5.01 Å². The number of nitrogens with zero attached hydrogens (tertiary/aromatic N) is 4. The van der Waals surface area contributed by atoms with Crippen LogP contribution in [-0.2, 0) is 4.79 Å². The van der Waals surface area contributed by atoms with E-state index in [9.17, 15) is 14.7 Å². The highest BCUT2D eigenvalue weighted by atomic mass is 16.4. The SMILES string of the molecule is NC(N)=NCCCC(C(=O)O)N(N=Nc1ccccc1)C(=O)c1ccccc1. The van der Waals surface area contributed by atoms with Gasteiger partial charge in [0.05, 0.1) is 5.69 Å². The zero-order valence-electron chi connectivity index (χ0n) is 15.2. The molecule has 0 saturated carbocycles. The maximum atomic E-state index is 12.9. The molecule has 2 aromatic rings. The molecule has 0 aliphatic rings. The number of carbonyl (C=O) groups excluding carboxylic acids is 1. The molecule has 2 aromatic carbocycles. The van der Waals surface area contributed by atoms with E-state index in [0.717, 1.165) is 5.01 Å². The van der Waals surface area contributed by atoms with E-state index in [1.807, 2.05) is 6.07 Å². The molecule has 9 nitrogen and oxygen atoms in total. The van der Waals surface area contributed by atoms with Crippen LogP contribution in [0.4, 0.5) is 5.69 Å². The summed E-state index contributed by atoms with van der Waals surface area (Å²) in [5.74, 6) is -1.83. The predicted molar refractivity (Wildman–Crippen MR) is 105 cm³/mol. The van der Waals surface area contributed by atoms with Gasteiger partial charge in [0.2, 0.25) is 0 Å². The second kappa shape index (κ2) is 10.4. The first kappa shape index (κ1) is 20.6. The third-order valence-electron chi connectivity index (χ3n) is 3.75. The zero-order chi connectivity index (χ0) is 20.4. The molecule has 0 aliphatic carbocycles. The van der Waals surface area contributed by atoms with Crippen LogP contribution in [0, 0.1) is 0 Å². The van der Waals surface area contributed by atoms with Gasteiger partial charge in [-0.15, -0.1) is 5.11 Å². The first-order valence-electron chi connectivity index (χ1n) is 8.62. The van der Waals surface area contributed by atoms with E-state index in [1.54, 1.807) is 54.6 Å². The molecule has 0 bridgehead atoms. The van der Waals surface area contributed by atoms with Gasteiger partial charge in [-0.25, -0.2) is 4.79 Å². The fourth-order valence-corrected chi connectivity index (χ4v) is 2.40. The summed E-state index contributed by atoms with van der Waals surface area (Å²) in [6.07, 6.45) is 0.465. The molecule has 0 spiro atoms. The second-order valence-corrected chi connectivity index (χ2v) is 5.84. The van der Waals surface area contributed by atoms with Gasteiger partial charge in [0, 0.05) is 12.1 Å². The molecule has 2 rings (SSSR count). The summed E-state index contributed by atoms with van der Waals surface area (Å²) in [4.78, 5) is 28.6. The number of benzene rings is 2. The number of amides is 1. The van der Waals surface area contributed by atoms with Crippen molar-refractivity contribution >= 4 is 23.5 Å². The molecule has 0 aliphatic heterocycles. The summed E-state index contributed by atoms with van der Waals surface area (Å²) in [6.45, 7) is 0.245. The molecule has 0 aromatic heterocycles. The number of hydrogen-bond acceptors (Lipinski definition) is 5. The van der Waals surface area contributed by atoms with E-state index in [1.165, 1.54) is 0 Å². The van der Waals surface area contributed by atoms with E-state index >= 15 is 0 Å². The van der Waals surface area contributed by atoms with E-state index in [4.69, 9.17) is 11.5 Å². The van der Waals surface area contributed by atoms with Crippen molar-refractivity contribution in [3.63, 3.8) is 0 Å². The van der Waals surface area contributed by atoms with Crippen LogP contribution in [0.3, 0.4) is 0 Å². The Kier molecular flexibility index (Phi) is 7.64. The molecule has 146 valence electrons. The fourth-order valence-electron chi connectivity index (χ4n) is 2.40. The van der Waals surface area contributed by atoms with E-state index in [2.05, 4.69) is 15.3 Å². The lowest BCUT2D eigenvalue weighted by Gasteiger charge is -2.23. The first-order valence-corrected chi connectivity index (χ1v) is 8.62. The van der Waals surface area contributed by atoms with Crippen LogP contribution in [0.2, 0.25) is 0 Å². The monoisotopic (exact) mass is 382 g/mol. The molecule has 5 N–H and O–H groups in total. The average molecular weight is 382 g/mol. The number of aliphatic carboxylic acids is 1. The van der Waals surface area contributed by atoms with Crippen molar-refractivity contribution in [2.45, 2.75) is 18.9 Å². The van der Waals surface area contributed by atoms with Crippen LogP contribution < -0.4 is 11.5 Å². The minimum absolute atomic E-state index is 0.0761. The Labute approximate surface area is 162 Å². The van der Waals surface area contributed by atoms with Crippen molar-refractivity contribution in [3.8, 4) is 0 Å². The van der Waals surface area contributed by atoms with Crippen molar-refractivity contribution in [2.24, 2.45) is 26.8 Å². The van der Waals surface area contributed by atoms with Crippen LogP contribution in [0.15, 0.2) is 76.0 Å². The summed E-state index contributed by atoms with van der Waals surface area (Å²) in [5.41, 5.74) is 11.4. The number of rotatable bonds is 9. The Morgan fingerprint density at radius 2 is 1.61 bits per heavy atom. The summed E-state index contributed by atoms with van der Waals surface area (Å²) in [7, 11) is 0. The normalized spacial score (nSPS) is 11.7. The highest BCUT2D eigenvalue weighted by Crippen LogP contribution is 2.18. The van der Waals surface area contributed by atoms with Crippen molar-refractivity contribution in [1.29, 1.82) is 0 Å². The smallest absolute Gasteiger partial charge is 0.328 e. The van der Waals surface area contributed by atoms with Crippen molar-refractivity contribution < 1.29 is 14.7 Å². The van der Waals surface area contributed by atoms with Crippen molar-refractivity contribution in [2.75, 3.05) is 6.54 Å². The number of hydrogen-bond donors (Lipinski definition) is 3. The van der Waals surface area contributed by atoms with Gasteiger partial charge >= 0.3 is 5.97 Å². The largest absolute Gasteiger partial charge is 0.480 e. The standard InChI is InChI=1S/C19H22N6O3/c20-19(21)22-13-7-12-16(18(27)28)25(17(26)14-8-3-1-4-9-14)24-23-15-10-5-2-6-11-15/h1-6,8-11,16H,7,12-13H2,(H,27,28)(H4,20,21,22). The van der Waals surface area contributed by atoms with E-state index < -0.39 is 17.9 Å². The zero-order valence-corrected chi connectivity index (χ0v) is 15.2. The Balaban J connectivity index is 2.28. The Morgan fingerprint density at radius 3 is 2.18 bits per heavy atom. The number of aliphatic imine (C=N–C) groups is 1. The predicted octanol–water partition coefficient (Wildman–Crippen LogP) is 2.33. The number of carboxylic acid groups (broad SMARTS) is 1. The van der Waals surface area contributed by atoms with Crippen LogP contribution in [-0.4, -0.2) is 40.5 Å². The second-order valence-electron chi connectivity index (χ2n) is 5.84. The minimum atomic E-state index is -1.21. The fraction of sp³-hybridized carbons (Fsp3) is 0.211. The Morgan fingerprint density at radius 1 is 1.00 bits per heavy atom. The third-order valence-corrected chi connectivity index (χ3v) is 3.75. The molecule has 9 heteroatoms. The van der Waals surface area contributed by atoms with Gasteiger partial charge in [-0.1, -0.05) is 41.6 Å². The van der Waals surface area contributed by atoms with Gasteiger partial charge in [0.1, 0.15) is 0 Å². The lowest BCUT2D eigenvalue weighted by molar-refractivity contribution is -0.142. The first-order chi connectivity index (χ1) is 13.5. The summed E-state index contributed by atoms with van der Waals surface area (Å²) < 4.78 is 0. The van der Waals surface area contributed by atoms with Crippen LogP contribution >= 0.6 is 0 Å². The topological polar surface area (TPSA) is 147 Å². The molecule has 0 saturated heterocycles. The summed E-state index contributed by atoms with van der Waals surface area (Å²) in [6, 6.07) is 15.8. The molecule has 28 heavy (non-hydrogen) atoms. The lowest BCUT2D eigenvalue weighted by atomic mass is 10.1. The number of carboxylic acids is 1. The average Bonchev–Trinajstić information content (AvgIpc) is 2.70. The molecule has 1 amide bonds. The Bertz CT molecular complexity index is 835. The van der Waals surface area contributed by atoms with Crippen LogP contribution in [0.1, 0.15) is 23.2 Å². The van der Waals surface area contributed by atoms with Gasteiger partial charge in [-0.3, -0.25) is 9.79 Å². The molecular formula is C19H22N6O3. The van der Waals surface area contributed by atoms with E-state index in [0.29, 0.717) is 17.7 Å². The molecule has 1 unspecified atom stereocenters. The van der Waals surface area contributed by atoms with Gasteiger partial charge in [0.25, 0.3) is 5.91 Å². The molecule has 0 heterocycles. The quantitative estimate of drug-likeness (QED) is 0.200. The Hall–Kier alpha value is -3.75. The van der Waals surface area contributed by atoms with Gasteiger partial charge in [-0.05, 0) is 37.1 Å². The van der Waals surface area contributed by atoms with Gasteiger partial charge < -0.3 is 16.6 Å². The number of guanidine groups is 1. The maximum absolute atomic E-state index is 12.9. The van der Waals surface area contributed by atoms with E-state index in [-0.39, 0.29) is 18.9 Å². The third kappa shape index (κ3) is 6.20. The highest BCUT2D eigenvalue weighted by Gasteiger charge is 2.30. The summed E-state index contributed by atoms with van der Waals surface area (Å²) >= 11 is 0. The molecule has 0 fully saturated rings. The highest BCUT2D eigenvalue weighted by molar-refractivity contribution is 5.96. The summed E-state index contributed by atoms with van der Waals surface area (Å²) in [5, 5.41) is 18.5. The molecular weight excluding hydrogens is 360 g/mol.